The van der Waals surface area contributed by atoms with Crippen molar-refractivity contribution >= 4 is 23.3 Å². The fourth-order valence-corrected chi connectivity index (χ4v) is 2.00. The molecule has 0 aliphatic carbocycles. The van der Waals surface area contributed by atoms with Crippen LogP contribution in [0.25, 0.3) is 0 Å². The first-order valence-electron chi connectivity index (χ1n) is 6.95. The van der Waals surface area contributed by atoms with Gasteiger partial charge in [-0.3, -0.25) is 0 Å². The zero-order valence-corrected chi connectivity index (χ0v) is 12.7. The molecule has 0 unspecified atom stereocenters. The van der Waals surface area contributed by atoms with Crippen LogP contribution in [0.15, 0.2) is 40.9 Å². The molecule has 1 aromatic carbocycles. The van der Waals surface area contributed by atoms with Crippen LogP contribution >= 0.6 is 0 Å². The Hall–Kier alpha value is -3.40. The molecule has 0 amide bonds. The van der Waals surface area contributed by atoms with Gasteiger partial charge in [0.1, 0.15) is 11.6 Å². The smallest absolute Gasteiger partial charge is 0.229 e. The summed E-state index contributed by atoms with van der Waals surface area (Å²) >= 11 is 0. The van der Waals surface area contributed by atoms with Crippen molar-refractivity contribution in [2.45, 2.75) is 13.8 Å². The van der Waals surface area contributed by atoms with Crippen LogP contribution in [-0.2, 0) is 0 Å². The summed E-state index contributed by atoms with van der Waals surface area (Å²) in [5.74, 6) is 2.37. The molecule has 0 radical (unpaired) electrons. The van der Waals surface area contributed by atoms with E-state index in [1.165, 1.54) is 0 Å². The van der Waals surface area contributed by atoms with E-state index in [4.69, 9.17) is 9.78 Å². The molecule has 23 heavy (non-hydrogen) atoms. The van der Waals surface area contributed by atoms with Crippen molar-refractivity contribution in [1.82, 2.24) is 15.1 Å². The van der Waals surface area contributed by atoms with Gasteiger partial charge in [0.2, 0.25) is 5.95 Å². The van der Waals surface area contributed by atoms with Crippen molar-refractivity contribution in [3.8, 4) is 6.07 Å². The second-order valence-corrected chi connectivity index (χ2v) is 4.98. The van der Waals surface area contributed by atoms with Gasteiger partial charge >= 0.3 is 0 Å². The van der Waals surface area contributed by atoms with Crippen molar-refractivity contribution in [1.29, 1.82) is 5.26 Å². The van der Waals surface area contributed by atoms with E-state index in [0.29, 0.717) is 28.9 Å². The summed E-state index contributed by atoms with van der Waals surface area (Å²) in [7, 11) is 0. The van der Waals surface area contributed by atoms with Crippen LogP contribution < -0.4 is 10.6 Å². The molecule has 0 fully saturated rings. The highest BCUT2D eigenvalue weighted by molar-refractivity contribution is 5.58. The predicted octanol–water partition coefficient (Wildman–Crippen LogP) is 3.44. The molecule has 0 saturated carbocycles. The summed E-state index contributed by atoms with van der Waals surface area (Å²) < 4.78 is 5.02. The molecule has 2 heterocycles. The fraction of sp³-hybridized carbons (Fsp3) is 0.125. The molecule has 7 heteroatoms. The van der Waals surface area contributed by atoms with E-state index < -0.39 is 0 Å². The monoisotopic (exact) mass is 306 g/mol. The molecule has 114 valence electrons. The lowest BCUT2D eigenvalue weighted by molar-refractivity contribution is 0.400. The molecule has 0 saturated heterocycles. The molecule has 3 aromatic rings. The van der Waals surface area contributed by atoms with Gasteiger partial charge in [-0.05, 0) is 38.1 Å². The van der Waals surface area contributed by atoms with Crippen LogP contribution in [0.2, 0.25) is 0 Å². The van der Waals surface area contributed by atoms with E-state index in [9.17, 15) is 0 Å². The maximum atomic E-state index is 8.82. The third kappa shape index (κ3) is 3.63. The Labute approximate surface area is 133 Å². The minimum atomic E-state index is 0.456. The second-order valence-electron chi connectivity index (χ2n) is 4.98. The number of anilines is 4. The molecular weight excluding hydrogens is 292 g/mol. The Morgan fingerprint density at radius 2 is 1.78 bits per heavy atom. The normalized spacial score (nSPS) is 10.1. The SMILES string of the molecule is Cc1cc(Nc2cc(C)on2)nc(Nc2ccc(C#N)cc2)n1. The first-order valence-corrected chi connectivity index (χ1v) is 6.95. The number of aromatic nitrogens is 3. The van der Waals surface area contributed by atoms with Gasteiger partial charge in [0.05, 0.1) is 11.6 Å². The standard InChI is InChI=1S/C16H14N6O/c1-10-7-14(20-15-8-11(2)23-22-15)21-16(18-10)19-13-5-3-12(9-17)4-6-13/h3-8H,1-2H3,(H2,18,19,20,21,22). The van der Waals surface area contributed by atoms with Crippen LogP contribution in [0.3, 0.4) is 0 Å². The Bertz CT molecular complexity index is 863. The number of hydrogen-bond acceptors (Lipinski definition) is 7. The Kier molecular flexibility index (Phi) is 3.89. The van der Waals surface area contributed by atoms with Gasteiger partial charge in [0, 0.05) is 23.5 Å². The highest BCUT2D eigenvalue weighted by atomic mass is 16.5. The van der Waals surface area contributed by atoms with Crippen LogP contribution in [0.1, 0.15) is 17.0 Å². The highest BCUT2D eigenvalue weighted by Crippen LogP contribution is 2.19. The van der Waals surface area contributed by atoms with Crippen molar-refractivity contribution in [3.05, 3.63) is 53.4 Å². The van der Waals surface area contributed by atoms with E-state index in [1.807, 2.05) is 19.9 Å². The summed E-state index contributed by atoms with van der Waals surface area (Å²) in [5, 5.41) is 18.9. The molecule has 0 aliphatic heterocycles. The fourth-order valence-electron chi connectivity index (χ4n) is 2.00. The second kappa shape index (κ2) is 6.15. The lowest BCUT2D eigenvalue weighted by Crippen LogP contribution is -2.02. The van der Waals surface area contributed by atoms with Gasteiger partial charge in [-0.25, -0.2) is 4.98 Å². The Morgan fingerprint density at radius 3 is 2.43 bits per heavy atom. The van der Waals surface area contributed by atoms with Crippen molar-refractivity contribution in [2.24, 2.45) is 0 Å². The molecule has 0 aliphatic rings. The topological polar surface area (TPSA) is 99.7 Å². The van der Waals surface area contributed by atoms with Gasteiger partial charge in [0.15, 0.2) is 5.82 Å². The Morgan fingerprint density at radius 1 is 1.00 bits per heavy atom. The minimum Gasteiger partial charge on any atom is -0.360 e. The summed E-state index contributed by atoms with van der Waals surface area (Å²) in [6, 6.07) is 12.7. The van der Waals surface area contributed by atoms with Crippen molar-refractivity contribution in [3.63, 3.8) is 0 Å². The van der Waals surface area contributed by atoms with Gasteiger partial charge in [-0.15, -0.1) is 0 Å². The van der Waals surface area contributed by atoms with Crippen LogP contribution in [0, 0.1) is 25.2 Å². The quantitative estimate of drug-likeness (QED) is 0.761. The van der Waals surface area contributed by atoms with E-state index >= 15 is 0 Å². The zero-order valence-electron chi connectivity index (χ0n) is 12.7. The summed E-state index contributed by atoms with van der Waals surface area (Å²) in [6.45, 7) is 3.70. The molecular formula is C16H14N6O. The van der Waals surface area contributed by atoms with Crippen LogP contribution in [0.4, 0.5) is 23.3 Å². The molecule has 2 aromatic heterocycles. The third-order valence-corrected chi connectivity index (χ3v) is 3.01. The van der Waals surface area contributed by atoms with E-state index in [0.717, 1.165) is 11.4 Å². The van der Waals surface area contributed by atoms with Gasteiger partial charge < -0.3 is 15.2 Å². The van der Waals surface area contributed by atoms with E-state index in [1.54, 1.807) is 30.3 Å². The molecule has 0 spiro atoms. The third-order valence-electron chi connectivity index (χ3n) is 3.01. The molecule has 7 nitrogen and oxygen atoms in total. The number of benzene rings is 1. The van der Waals surface area contributed by atoms with Gasteiger partial charge in [0.25, 0.3) is 0 Å². The maximum absolute atomic E-state index is 8.82. The minimum absolute atomic E-state index is 0.456. The average Bonchev–Trinajstić information content (AvgIpc) is 2.92. The number of aryl methyl sites for hydroxylation is 2. The number of rotatable bonds is 4. The van der Waals surface area contributed by atoms with Crippen LogP contribution in [0.5, 0.6) is 0 Å². The molecule has 2 N–H and O–H groups in total. The summed E-state index contributed by atoms with van der Waals surface area (Å²) in [6.07, 6.45) is 0. The first-order chi connectivity index (χ1) is 11.1. The lowest BCUT2D eigenvalue weighted by atomic mass is 10.2. The number of nitriles is 1. The highest BCUT2D eigenvalue weighted by Gasteiger charge is 2.06. The lowest BCUT2D eigenvalue weighted by Gasteiger charge is -2.08. The maximum Gasteiger partial charge on any atom is 0.229 e. The average molecular weight is 306 g/mol. The van der Waals surface area contributed by atoms with E-state index in [-0.39, 0.29) is 0 Å². The number of hydrogen-bond donors (Lipinski definition) is 2. The summed E-state index contributed by atoms with van der Waals surface area (Å²) in [5.41, 5.74) is 2.21. The number of nitrogens with one attached hydrogen (secondary N) is 2. The van der Waals surface area contributed by atoms with Gasteiger partial charge in [-0.2, -0.15) is 10.2 Å². The summed E-state index contributed by atoms with van der Waals surface area (Å²) in [4.78, 5) is 8.74. The molecule has 3 rings (SSSR count). The first kappa shape index (κ1) is 14.5. The van der Waals surface area contributed by atoms with Gasteiger partial charge in [-0.1, -0.05) is 5.16 Å². The molecule has 0 atom stereocenters. The predicted molar refractivity (Wildman–Crippen MR) is 85.7 cm³/mol. The largest absolute Gasteiger partial charge is 0.360 e. The zero-order chi connectivity index (χ0) is 16.2. The van der Waals surface area contributed by atoms with Crippen LogP contribution in [-0.4, -0.2) is 15.1 Å². The molecule has 0 bridgehead atoms. The van der Waals surface area contributed by atoms with E-state index in [2.05, 4.69) is 31.8 Å². The number of nitrogens with zero attached hydrogens (tertiary/aromatic N) is 4. The van der Waals surface area contributed by atoms with Crippen molar-refractivity contribution < 1.29 is 4.52 Å². The van der Waals surface area contributed by atoms with Crippen molar-refractivity contribution in [2.75, 3.05) is 10.6 Å². The Balaban J connectivity index is 1.80.